The molecule has 0 radical (unpaired) electrons. The van der Waals surface area contributed by atoms with Gasteiger partial charge in [-0.25, -0.2) is 9.59 Å². The number of aromatic nitrogens is 1. The van der Waals surface area contributed by atoms with Crippen molar-refractivity contribution in [1.82, 2.24) is 4.90 Å². The molecule has 29 heavy (non-hydrogen) atoms. The number of aliphatic carboxylic acids is 2. The van der Waals surface area contributed by atoms with Crippen molar-refractivity contribution in [2.24, 2.45) is 5.16 Å². The first-order chi connectivity index (χ1) is 13.8. The first-order valence-corrected chi connectivity index (χ1v) is 9.24. The molecule has 1 aliphatic heterocycles. The van der Waals surface area contributed by atoms with Crippen LogP contribution in [0.25, 0.3) is 0 Å². The van der Waals surface area contributed by atoms with Gasteiger partial charge in [-0.05, 0) is 32.0 Å². The van der Waals surface area contributed by atoms with Gasteiger partial charge >= 0.3 is 11.9 Å². The average Bonchev–Trinajstić information content (AvgIpc) is 2.67. The van der Waals surface area contributed by atoms with E-state index in [1.54, 1.807) is 12.1 Å². The Hall–Kier alpha value is -2.69. The fourth-order valence-corrected chi connectivity index (χ4v) is 2.61. The van der Waals surface area contributed by atoms with Gasteiger partial charge in [-0.3, -0.25) is 0 Å². The van der Waals surface area contributed by atoms with E-state index in [1.165, 1.54) is 31.7 Å². The Morgan fingerprint density at radius 2 is 1.90 bits per heavy atom. The van der Waals surface area contributed by atoms with Crippen LogP contribution in [0.15, 0.2) is 41.8 Å². The van der Waals surface area contributed by atoms with Crippen LogP contribution in [0.2, 0.25) is 0 Å². The molecule has 160 valence electrons. The van der Waals surface area contributed by atoms with Gasteiger partial charge in [-0.1, -0.05) is 23.2 Å². The summed E-state index contributed by atoms with van der Waals surface area (Å²) in [6.45, 7) is 2.71. The van der Waals surface area contributed by atoms with E-state index < -0.39 is 18.0 Å². The number of halogens is 1. The normalized spacial score (nSPS) is 16.0. The summed E-state index contributed by atoms with van der Waals surface area (Å²) < 4.78 is 0.637. The van der Waals surface area contributed by atoms with Crippen LogP contribution in [0.1, 0.15) is 24.8 Å². The molecule has 10 nitrogen and oxygen atoms in total. The second-order valence-corrected chi connectivity index (χ2v) is 6.51. The molecule has 0 unspecified atom stereocenters. The third kappa shape index (κ3) is 11.7. The number of piperidine rings is 1. The van der Waals surface area contributed by atoms with Crippen LogP contribution in [0.3, 0.4) is 0 Å². The standard InChI is InChI=1S/C14H20ClN3O3.C4H4O4/c15-14(12-5-4-8-18(20)9-12)16-21-11-13(19)10-17-6-2-1-3-7-17;5-3(6)1-2-4(7)8/h4-5,8-9,13,19H,1-3,6-7,10-11H2;1-2H,(H,5,6)(H,7,8)/b16-14-;2-1+/t13-;/m0./s1. The van der Waals surface area contributed by atoms with Gasteiger partial charge in [0.15, 0.2) is 17.6 Å². The lowest BCUT2D eigenvalue weighted by Crippen LogP contribution is -2.38. The van der Waals surface area contributed by atoms with Crippen molar-refractivity contribution in [1.29, 1.82) is 0 Å². The van der Waals surface area contributed by atoms with Gasteiger partial charge in [-0.2, -0.15) is 4.73 Å². The smallest absolute Gasteiger partial charge is 0.328 e. The molecule has 1 saturated heterocycles. The zero-order valence-electron chi connectivity index (χ0n) is 15.7. The van der Waals surface area contributed by atoms with E-state index in [2.05, 4.69) is 10.1 Å². The summed E-state index contributed by atoms with van der Waals surface area (Å²) in [5.74, 6) is -2.51. The zero-order chi connectivity index (χ0) is 21.6. The number of aliphatic hydroxyl groups excluding tert-OH is 1. The third-order valence-corrected chi connectivity index (χ3v) is 4.00. The summed E-state index contributed by atoms with van der Waals surface area (Å²) >= 11 is 5.93. The zero-order valence-corrected chi connectivity index (χ0v) is 16.4. The number of β-amino-alcohol motifs (C(OH)–C–C–N with tert-alkyl or cyclic N) is 1. The second kappa shape index (κ2) is 13.5. The number of pyridine rings is 1. The maximum atomic E-state index is 11.1. The number of carbonyl (C=O) groups is 2. The lowest BCUT2D eigenvalue weighted by molar-refractivity contribution is -0.605. The Morgan fingerprint density at radius 1 is 1.28 bits per heavy atom. The molecule has 1 atom stereocenters. The number of hydrogen-bond donors (Lipinski definition) is 3. The number of carboxylic acids is 2. The number of hydrogen-bond acceptors (Lipinski definition) is 7. The molecule has 2 heterocycles. The van der Waals surface area contributed by atoms with E-state index in [1.807, 2.05) is 0 Å². The predicted octanol–water partition coefficient (Wildman–Crippen LogP) is 0.796. The van der Waals surface area contributed by atoms with E-state index in [-0.39, 0.29) is 11.8 Å². The Balaban J connectivity index is 0.000000447. The van der Waals surface area contributed by atoms with Gasteiger partial charge < -0.3 is 30.3 Å². The van der Waals surface area contributed by atoms with E-state index in [4.69, 9.17) is 26.7 Å². The summed E-state index contributed by atoms with van der Waals surface area (Å²) in [6, 6.07) is 3.24. The summed E-state index contributed by atoms with van der Waals surface area (Å²) in [5, 5.41) is 40.4. The van der Waals surface area contributed by atoms with Crippen LogP contribution in [-0.4, -0.2) is 69.7 Å². The average molecular weight is 430 g/mol. The van der Waals surface area contributed by atoms with Crippen molar-refractivity contribution in [2.45, 2.75) is 25.4 Å². The topological polar surface area (TPSA) is 147 Å². The van der Waals surface area contributed by atoms with E-state index in [0.29, 0.717) is 29.0 Å². The van der Waals surface area contributed by atoms with Gasteiger partial charge in [0.2, 0.25) is 0 Å². The van der Waals surface area contributed by atoms with Crippen LogP contribution in [0.4, 0.5) is 0 Å². The molecule has 1 aliphatic rings. The van der Waals surface area contributed by atoms with Gasteiger partial charge in [0.05, 0.1) is 5.56 Å². The number of rotatable bonds is 8. The lowest BCUT2D eigenvalue weighted by Gasteiger charge is -2.27. The van der Waals surface area contributed by atoms with Crippen molar-refractivity contribution in [3.63, 3.8) is 0 Å². The molecule has 1 aromatic rings. The monoisotopic (exact) mass is 429 g/mol. The fourth-order valence-electron chi connectivity index (χ4n) is 2.44. The molecule has 0 bridgehead atoms. The largest absolute Gasteiger partial charge is 0.619 e. The number of oxime groups is 1. The van der Waals surface area contributed by atoms with Crippen molar-refractivity contribution in [2.75, 3.05) is 26.2 Å². The molecule has 0 amide bonds. The Bertz CT molecular complexity index is 705. The summed E-state index contributed by atoms with van der Waals surface area (Å²) in [5.41, 5.74) is 0.472. The summed E-state index contributed by atoms with van der Waals surface area (Å²) in [7, 11) is 0. The van der Waals surface area contributed by atoms with Gasteiger partial charge in [0.1, 0.15) is 12.7 Å². The molecule has 0 aliphatic carbocycles. The fraction of sp³-hybridized carbons (Fsp3) is 0.444. The van der Waals surface area contributed by atoms with Gasteiger partial charge in [-0.15, -0.1) is 0 Å². The highest BCUT2D eigenvalue weighted by atomic mass is 35.5. The minimum absolute atomic E-state index is 0.0803. The van der Waals surface area contributed by atoms with E-state index in [0.717, 1.165) is 13.1 Å². The van der Waals surface area contributed by atoms with Crippen molar-refractivity contribution >= 4 is 28.7 Å². The molecule has 2 rings (SSSR count). The number of likely N-dealkylation sites (tertiary alicyclic amines) is 1. The van der Waals surface area contributed by atoms with Crippen LogP contribution in [0.5, 0.6) is 0 Å². The molecule has 3 N–H and O–H groups in total. The quantitative estimate of drug-likeness (QED) is 0.181. The van der Waals surface area contributed by atoms with Crippen molar-refractivity contribution < 1.29 is 34.5 Å². The number of nitrogens with zero attached hydrogens (tertiary/aromatic N) is 3. The Morgan fingerprint density at radius 3 is 2.45 bits per heavy atom. The number of aliphatic hydroxyl groups is 1. The molecular weight excluding hydrogens is 406 g/mol. The first kappa shape index (κ1) is 24.3. The predicted molar refractivity (Wildman–Crippen MR) is 104 cm³/mol. The minimum atomic E-state index is -1.26. The molecule has 0 aromatic carbocycles. The highest BCUT2D eigenvalue weighted by Gasteiger charge is 2.15. The molecule has 11 heteroatoms. The molecule has 0 spiro atoms. The van der Waals surface area contributed by atoms with E-state index in [9.17, 15) is 19.9 Å². The van der Waals surface area contributed by atoms with E-state index >= 15 is 0 Å². The molecular formula is C18H24ClN3O7. The van der Waals surface area contributed by atoms with Crippen LogP contribution >= 0.6 is 11.6 Å². The van der Waals surface area contributed by atoms with Crippen molar-refractivity contribution in [3.8, 4) is 0 Å². The summed E-state index contributed by atoms with van der Waals surface area (Å²) in [6.07, 6.45) is 6.80. The number of carboxylic acid groups (broad SMARTS) is 2. The minimum Gasteiger partial charge on any atom is -0.619 e. The third-order valence-electron chi connectivity index (χ3n) is 3.71. The first-order valence-electron chi connectivity index (χ1n) is 8.87. The van der Waals surface area contributed by atoms with Gasteiger partial charge in [0, 0.05) is 24.8 Å². The maximum Gasteiger partial charge on any atom is 0.328 e. The maximum absolute atomic E-state index is 11.1. The Kier molecular flexibility index (Phi) is 11.3. The molecule has 0 saturated carbocycles. The van der Waals surface area contributed by atoms with Crippen molar-refractivity contribution in [3.05, 3.63) is 47.4 Å². The molecule has 1 fully saturated rings. The highest BCUT2D eigenvalue weighted by Crippen LogP contribution is 2.09. The van der Waals surface area contributed by atoms with Crippen LogP contribution < -0.4 is 4.73 Å². The van der Waals surface area contributed by atoms with Gasteiger partial charge in [0.25, 0.3) is 0 Å². The Labute approximate surface area is 172 Å². The molecule has 1 aromatic heterocycles. The second-order valence-electron chi connectivity index (χ2n) is 6.16. The van der Waals surface area contributed by atoms with Crippen LogP contribution in [-0.2, 0) is 14.4 Å². The lowest BCUT2D eigenvalue weighted by atomic mass is 10.1. The SMILES string of the molecule is O=C(O)/C=C/C(=O)O.[O-][n+]1cccc(/C(Cl)=N/OC[C@@H](O)CN2CCCCC2)c1. The van der Waals surface area contributed by atoms with Crippen LogP contribution in [0, 0.1) is 5.21 Å². The summed E-state index contributed by atoms with van der Waals surface area (Å²) in [4.78, 5) is 26.4. The highest BCUT2D eigenvalue weighted by molar-refractivity contribution is 6.69.